The van der Waals surface area contributed by atoms with Crippen LogP contribution in [0.5, 0.6) is 0 Å². The molecule has 1 aliphatic rings. The van der Waals surface area contributed by atoms with E-state index in [-0.39, 0.29) is 0 Å². The van der Waals surface area contributed by atoms with Gasteiger partial charge in [0.05, 0.1) is 16.4 Å². The Balaban J connectivity index is 2.07. The maximum Gasteiger partial charge on any atom is 0.0847 e. The van der Waals surface area contributed by atoms with Crippen LogP contribution in [0, 0.1) is 12.8 Å². The van der Waals surface area contributed by atoms with E-state index in [9.17, 15) is 0 Å². The normalized spacial score (nSPS) is 22.1. The molecule has 0 aromatic carbocycles. The van der Waals surface area contributed by atoms with Crippen LogP contribution >= 0.6 is 11.6 Å². The second-order valence-corrected chi connectivity index (χ2v) is 5.10. The molecular weight excluding hydrogens is 222 g/mol. The van der Waals surface area contributed by atoms with Crippen LogP contribution in [-0.4, -0.2) is 22.9 Å². The van der Waals surface area contributed by atoms with Crippen molar-refractivity contribution in [1.29, 1.82) is 0 Å². The molecule has 1 aromatic rings. The summed E-state index contributed by atoms with van der Waals surface area (Å²) in [7, 11) is 1.99. The Kier molecular flexibility index (Phi) is 3.87. The van der Waals surface area contributed by atoms with Crippen LogP contribution in [-0.2, 0) is 13.5 Å². The van der Waals surface area contributed by atoms with Crippen LogP contribution in [0.1, 0.15) is 30.7 Å². The third-order valence-corrected chi connectivity index (χ3v) is 3.93. The van der Waals surface area contributed by atoms with E-state index in [0.717, 1.165) is 36.1 Å². The van der Waals surface area contributed by atoms with E-state index in [2.05, 4.69) is 10.4 Å². The Morgan fingerprint density at radius 3 is 2.94 bits per heavy atom. The lowest BCUT2D eigenvalue weighted by atomic mass is 9.95. The van der Waals surface area contributed by atoms with Gasteiger partial charge in [-0.25, -0.2) is 0 Å². The van der Waals surface area contributed by atoms with Gasteiger partial charge in [0.2, 0.25) is 0 Å². The predicted molar refractivity (Wildman–Crippen MR) is 66.9 cm³/mol. The summed E-state index contributed by atoms with van der Waals surface area (Å²) in [5.74, 6) is 0.752. The Morgan fingerprint density at radius 1 is 1.44 bits per heavy atom. The molecule has 1 unspecified atom stereocenters. The van der Waals surface area contributed by atoms with Crippen LogP contribution in [0.3, 0.4) is 0 Å². The molecule has 90 valence electrons. The van der Waals surface area contributed by atoms with Gasteiger partial charge in [0.25, 0.3) is 0 Å². The minimum atomic E-state index is 0.752. The molecule has 0 aliphatic carbocycles. The molecule has 1 atom stereocenters. The number of nitrogens with one attached hydrogen (secondary N) is 1. The van der Waals surface area contributed by atoms with Crippen molar-refractivity contribution in [3.8, 4) is 0 Å². The largest absolute Gasteiger partial charge is 0.317 e. The van der Waals surface area contributed by atoms with Crippen molar-refractivity contribution >= 4 is 11.6 Å². The molecule has 1 fully saturated rings. The zero-order chi connectivity index (χ0) is 11.5. The summed E-state index contributed by atoms with van der Waals surface area (Å²) in [6, 6.07) is 0. The van der Waals surface area contributed by atoms with E-state index < -0.39 is 0 Å². The number of hydrogen-bond donors (Lipinski definition) is 1. The van der Waals surface area contributed by atoms with Crippen LogP contribution < -0.4 is 5.32 Å². The molecule has 1 aromatic heterocycles. The maximum atomic E-state index is 6.28. The molecule has 0 bridgehead atoms. The average Bonchev–Trinajstić information content (AvgIpc) is 2.51. The number of aryl methyl sites for hydroxylation is 2. The zero-order valence-corrected chi connectivity index (χ0v) is 10.8. The number of rotatable bonds is 2. The third kappa shape index (κ3) is 2.58. The quantitative estimate of drug-likeness (QED) is 0.861. The van der Waals surface area contributed by atoms with E-state index in [4.69, 9.17) is 11.6 Å². The topological polar surface area (TPSA) is 29.9 Å². The first-order chi connectivity index (χ1) is 7.68. The molecule has 0 radical (unpaired) electrons. The summed E-state index contributed by atoms with van der Waals surface area (Å²) < 4.78 is 1.94. The first kappa shape index (κ1) is 11.9. The van der Waals surface area contributed by atoms with E-state index in [1.165, 1.54) is 25.0 Å². The Hall–Kier alpha value is -0.540. The molecule has 0 saturated carbocycles. The highest BCUT2D eigenvalue weighted by atomic mass is 35.5. The molecule has 1 saturated heterocycles. The van der Waals surface area contributed by atoms with Gasteiger partial charge in [0, 0.05) is 7.05 Å². The SMILES string of the molecule is Cc1nn(C)c(CC2CCCNCC2)c1Cl. The summed E-state index contributed by atoms with van der Waals surface area (Å²) in [6.45, 7) is 4.27. The third-order valence-electron chi connectivity index (χ3n) is 3.44. The molecule has 16 heavy (non-hydrogen) atoms. The molecule has 0 amide bonds. The van der Waals surface area contributed by atoms with Crippen molar-refractivity contribution in [2.75, 3.05) is 13.1 Å². The highest BCUT2D eigenvalue weighted by Gasteiger charge is 2.18. The molecule has 1 N–H and O–H groups in total. The van der Waals surface area contributed by atoms with Crippen molar-refractivity contribution in [1.82, 2.24) is 15.1 Å². The Labute approximate surface area is 102 Å². The molecule has 0 spiro atoms. The number of halogens is 1. The predicted octanol–water partition coefficient (Wildman–Crippen LogP) is 2.31. The lowest BCUT2D eigenvalue weighted by Crippen LogP contribution is -2.15. The van der Waals surface area contributed by atoms with Crippen molar-refractivity contribution in [3.05, 3.63) is 16.4 Å². The van der Waals surface area contributed by atoms with E-state index >= 15 is 0 Å². The molecule has 1 aliphatic heterocycles. The van der Waals surface area contributed by atoms with Crippen LogP contribution in [0.4, 0.5) is 0 Å². The fourth-order valence-electron chi connectivity index (χ4n) is 2.47. The van der Waals surface area contributed by atoms with Gasteiger partial charge in [-0.2, -0.15) is 5.10 Å². The van der Waals surface area contributed by atoms with Crippen molar-refractivity contribution < 1.29 is 0 Å². The molecule has 4 heteroatoms. The lowest BCUT2D eigenvalue weighted by molar-refractivity contribution is 0.455. The molecule has 3 nitrogen and oxygen atoms in total. The maximum absolute atomic E-state index is 6.28. The van der Waals surface area contributed by atoms with Crippen LogP contribution in [0.2, 0.25) is 5.02 Å². The second-order valence-electron chi connectivity index (χ2n) is 4.72. The lowest BCUT2D eigenvalue weighted by Gasteiger charge is -2.13. The number of aromatic nitrogens is 2. The van der Waals surface area contributed by atoms with Gasteiger partial charge in [0.15, 0.2) is 0 Å². The monoisotopic (exact) mass is 241 g/mol. The minimum Gasteiger partial charge on any atom is -0.317 e. The van der Waals surface area contributed by atoms with E-state index in [0.29, 0.717) is 0 Å². The Bertz CT molecular complexity index is 351. The number of nitrogens with zero attached hydrogens (tertiary/aromatic N) is 2. The fraction of sp³-hybridized carbons (Fsp3) is 0.750. The fourth-order valence-corrected chi connectivity index (χ4v) is 2.71. The van der Waals surface area contributed by atoms with Gasteiger partial charge >= 0.3 is 0 Å². The first-order valence-corrected chi connectivity index (χ1v) is 6.45. The minimum absolute atomic E-state index is 0.752. The van der Waals surface area contributed by atoms with Crippen molar-refractivity contribution in [2.24, 2.45) is 13.0 Å². The van der Waals surface area contributed by atoms with E-state index in [1.54, 1.807) is 0 Å². The van der Waals surface area contributed by atoms with Gasteiger partial charge in [-0.3, -0.25) is 4.68 Å². The summed E-state index contributed by atoms with van der Waals surface area (Å²) in [6.07, 6.45) is 4.89. The van der Waals surface area contributed by atoms with Crippen molar-refractivity contribution in [2.45, 2.75) is 32.6 Å². The van der Waals surface area contributed by atoms with Gasteiger partial charge in [0.1, 0.15) is 0 Å². The van der Waals surface area contributed by atoms with Gasteiger partial charge in [-0.15, -0.1) is 0 Å². The Morgan fingerprint density at radius 2 is 2.25 bits per heavy atom. The van der Waals surface area contributed by atoms with Gasteiger partial charge in [-0.1, -0.05) is 11.6 Å². The number of hydrogen-bond acceptors (Lipinski definition) is 2. The van der Waals surface area contributed by atoms with Gasteiger partial charge in [-0.05, 0) is 51.6 Å². The molecular formula is C12H20ClN3. The first-order valence-electron chi connectivity index (χ1n) is 6.07. The van der Waals surface area contributed by atoms with E-state index in [1.807, 2.05) is 18.7 Å². The summed E-state index contributed by atoms with van der Waals surface area (Å²) in [5, 5.41) is 8.67. The summed E-state index contributed by atoms with van der Waals surface area (Å²) in [4.78, 5) is 0. The highest BCUT2D eigenvalue weighted by Crippen LogP contribution is 2.25. The zero-order valence-electron chi connectivity index (χ0n) is 10.1. The molecule has 2 heterocycles. The second kappa shape index (κ2) is 5.19. The van der Waals surface area contributed by atoms with Crippen LogP contribution in [0.25, 0.3) is 0 Å². The molecule has 2 rings (SSSR count). The summed E-state index contributed by atoms with van der Waals surface area (Å²) in [5.41, 5.74) is 2.15. The smallest absolute Gasteiger partial charge is 0.0847 e. The van der Waals surface area contributed by atoms with Gasteiger partial charge < -0.3 is 5.32 Å². The summed E-state index contributed by atoms with van der Waals surface area (Å²) >= 11 is 6.28. The highest BCUT2D eigenvalue weighted by molar-refractivity contribution is 6.31. The van der Waals surface area contributed by atoms with Crippen LogP contribution in [0.15, 0.2) is 0 Å². The standard InChI is InChI=1S/C12H20ClN3/c1-9-12(13)11(16(2)15-9)8-10-4-3-6-14-7-5-10/h10,14H,3-8H2,1-2H3. The average molecular weight is 242 g/mol. The van der Waals surface area contributed by atoms with Crippen molar-refractivity contribution in [3.63, 3.8) is 0 Å².